The Bertz CT molecular complexity index is 854. The molecule has 1 aliphatic heterocycles. The van der Waals surface area contributed by atoms with E-state index < -0.39 is 0 Å². The maximum absolute atomic E-state index is 12.0. The first-order chi connectivity index (χ1) is 12.6. The second-order valence-corrected chi connectivity index (χ2v) is 5.70. The van der Waals surface area contributed by atoms with E-state index in [0.717, 1.165) is 16.3 Å². The molecular weight excluding hydrogens is 322 g/mol. The number of amides is 2. The van der Waals surface area contributed by atoms with Crippen molar-refractivity contribution in [2.45, 2.75) is 13.8 Å². The van der Waals surface area contributed by atoms with Crippen molar-refractivity contribution in [3.63, 3.8) is 0 Å². The topological polar surface area (TPSA) is 37.4 Å². The van der Waals surface area contributed by atoms with Crippen molar-refractivity contribution < 1.29 is 9.59 Å². The first-order valence-electron chi connectivity index (χ1n) is 8.54. The van der Waals surface area contributed by atoms with Crippen LogP contribution in [0.25, 0.3) is 10.8 Å². The summed E-state index contributed by atoms with van der Waals surface area (Å²) in [6, 6.07) is 11.4. The lowest BCUT2D eigenvalue weighted by molar-refractivity contribution is 0.0663. The summed E-state index contributed by atoms with van der Waals surface area (Å²) in [5.74, 6) is -0.364. The average Bonchev–Trinajstić information content (AvgIpc) is 2.91. The van der Waals surface area contributed by atoms with Gasteiger partial charge >= 0.3 is 0 Å². The molecule has 3 nitrogen and oxygen atoms in total. The molecule has 0 saturated heterocycles. The molecule has 0 N–H and O–H groups in total. The molecule has 1 heterocycles. The number of allylic oxidation sites excluding steroid dienone is 6. The third-order valence-electron chi connectivity index (χ3n) is 4.11. The van der Waals surface area contributed by atoms with E-state index in [1.165, 1.54) is 4.90 Å². The van der Waals surface area contributed by atoms with Gasteiger partial charge in [-0.25, -0.2) is 0 Å². The molecule has 3 heteroatoms. The maximum atomic E-state index is 12.0. The zero-order valence-corrected chi connectivity index (χ0v) is 15.2. The number of carbonyl (C=O) groups excluding carboxylic acids is 2. The van der Waals surface area contributed by atoms with Crippen molar-refractivity contribution in [1.29, 1.82) is 0 Å². The lowest BCUT2D eigenvalue weighted by Gasteiger charge is -2.08. The van der Waals surface area contributed by atoms with Gasteiger partial charge < -0.3 is 0 Å². The van der Waals surface area contributed by atoms with E-state index in [9.17, 15) is 9.59 Å². The summed E-state index contributed by atoms with van der Waals surface area (Å²) >= 11 is 0. The van der Waals surface area contributed by atoms with Crippen LogP contribution in [0.5, 0.6) is 0 Å². The van der Waals surface area contributed by atoms with Crippen molar-refractivity contribution in [2.24, 2.45) is 0 Å². The van der Waals surface area contributed by atoms with Gasteiger partial charge in [0.1, 0.15) is 0 Å². The Hall–Kier alpha value is -3.20. The Kier molecular flexibility index (Phi) is 6.45. The van der Waals surface area contributed by atoms with Gasteiger partial charge in [-0.3, -0.25) is 14.5 Å². The molecule has 0 fully saturated rings. The fourth-order valence-corrected chi connectivity index (χ4v) is 2.69. The van der Waals surface area contributed by atoms with Crippen LogP contribution in [0.1, 0.15) is 34.6 Å². The van der Waals surface area contributed by atoms with Crippen LogP contribution in [0.15, 0.2) is 85.5 Å². The van der Waals surface area contributed by atoms with Gasteiger partial charge in [0.15, 0.2) is 0 Å². The first-order valence-corrected chi connectivity index (χ1v) is 8.54. The van der Waals surface area contributed by atoms with E-state index in [4.69, 9.17) is 0 Å². The van der Waals surface area contributed by atoms with E-state index in [1.807, 2.05) is 49.4 Å². The summed E-state index contributed by atoms with van der Waals surface area (Å²) in [5.41, 5.74) is 2.10. The number of hydrogen-bond donors (Lipinski definition) is 0. The molecule has 0 aromatic heterocycles. The molecule has 132 valence electrons. The van der Waals surface area contributed by atoms with Gasteiger partial charge in [0, 0.05) is 6.54 Å². The summed E-state index contributed by atoms with van der Waals surface area (Å²) in [6.07, 6.45) is 9.42. The molecule has 0 unspecified atom stereocenters. The Morgan fingerprint density at radius 3 is 1.88 bits per heavy atom. The van der Waals surface area contributed by atoms with E-state index >= 15 is 0 Å². The second kappa shape index (κ2) is 8.77. The fourth-order valence-electron chi connectivity index (χ4n) is 2.69. The Morgan fingerprint density at radius 2 is 1.50 bits per heavy atom. The molecule has 1 aliphatic rings. The van der Waals surface area contributed by atoms with Crippen LogP contribution >= 0.6 is 0 Å². The smallest absolute Gasteiger partial charge is 0.261 e. The fraction of sp³-hybridized carbons (Fsp3) is 0.130. The monoisotopic (exact) mass is 345 g/mol. The zero-order chi connectivity index (χ0) is 19.1. The summed E-state index contributed by atoms with van der Waals surface area (Å²) in [6.45, 7) is 11.4. The van der Waals surface area contributed by atoms with Gasteiger partial charge in [0.25, 0.3) is 11.8 Å². The van der Waals surface area contributed by atoms with E-state index in [1.54, 1.807) is 31.2 Å². The third kappa shape index (κ3) is 3.89. The molecule has 0 radical (unpaired) electrons. The number of imide groups is 1. The highest BCUT2D eigenvalue weighted by atomic mass is 16.2. The minimum absolute atomic E-state index is 0.182. The van der Waals surface area contributed by atoms with E-state index in [-0.39, 0.29) is 11.8 Å². The molecule has 26 heavy (non-hydrogen) atoms. The van der Waals surface area contributed by atoms with Crippen molar-refractivity contribution in [3.05, 3.63) is 96.6 Å². The number of fused-ring (bicyclic) bond motifs is 2. The van der Waals surface area contributed by atoms with Crippen molar-refractivity contribution >= 4 is 22.6 Å². The molecule has 0 bridgehead atoms. The molecule has 2 aromatic rings. The maximum Gasteiger partial charge on any atom is 0.261 e. The van der Waals surface area contributed by atoms with Crippen LogP contribution in [-0.4, -0.2) is 23.3 Å². The zero-order valence-electron chi connectivity index (χ0n) is 15.2. The highest BCUT2D eigenvalue weighted by Crippen LogP contribution is 2.27. The predicted molar refractivity (Wildman–Crippen MR) is 108 cm³/mol. The van der Waals surface area contributed by atoms with Crippen LogP contribution in [0.4, 0.5) is 0 Å². The van der Waals surface area contributed by atoms with E-state index in [0.29, 0.717) is 17.7 Å². The Balaban J connectivity index is 0.000000232. The van der Waals surface area contributed by atoms with Crippen molar-refractivity contribution in [2.75, 3.05) is 6.54 Å². The Morgan fingerprint density at radius 1 is 1.00 bits per heavy atom. The molecule has 3 rings (SSSR count). The van der Waals surface area contributed by atoms with Crippen molar-refractivity contribution in [3.8, 4) is 0 Å². The quantitative estimate of drug-likeness (QED) is 0.556. The molecule has 2 aromatic carbocycles. The number of carbonyl (C=O) groups is 2. The summed E-state index contributed by atoms with van der Waals surface area (Å²) in [4.78, 5) is 25.3. The summed E-state index contributed by atoms with van der Waals surface area (Å²) in [7, 11) is 0. The van der Waals surface area contributed by atoms with Crippen LogP contribution in [-0.2, 0) is 0 Å². The number of rotatable bonds is 4. The minimum Gasteiger partial charge on any atom is -0.275 e. The summed E-state index contributed by atoms with van der Waals surface area (Å²) in [5, 5.41) is 1.98. The lowest BCUT2D eigenvalue weighted by Crippen LogP contribution is -2.29. The summed E-state index contributed by atoms with van der Waals surface area (Å²) < 4.78 is 0. The van der Waals surface area contributed by atoms with Gasteiger partial charge in [-0.2, -0.15) is 0 Å². The molecule has 0 saturated carbocycles. The van der Waals surface area contributed by atoms with Crippen LogP contribution in [0.2, 0.25) is 0 Å². The van der Waals surface area contributed by atoms with Gasteiger partial charge in [-0.05, 0) is 42.3 Å². The molecular formula is C23H23NO2. The van der Waals surface area contributed by atoms with Crippen LogP contribution in [0, 0.1) is 0 Å². The molecule has 0 atom stereocenters. The third-order valence-corrected chi connectivity index (χ3v) is 4.11. The number of nitrogens with zero attached hydrogens (tertiary/aromatic N) is 1. The second-order valence-electron chi connectivity index (χ2n) is 5.70. The normalized spacial score (nSPS) is 12.6. The highest BCUT2D eigenvalue weighted by Gasteiger charge is 2.34. The molecule has 0 aliphatic carbocycles. The van der Waals surface area contributed by atoms with Crippen LogP contribution < -0.4 is 0 Å². The largest absolute Gasteiger partial charge is 0.275 e. The Labute approximate surface area is 154 Å². The highest BCUT2D eigenvalue weighted by molar-refractivity contribution is 6.23. The average molecular weight is 345 g/mol. The van der Waals surface area contributed by atoms with Crippen LogP contribution in [0.3, 0.4) is 0 Å². The molecule has 0 spiro atoms. The van der Waals surface area contributed by atoms with Gasteiger partial charge in [-0.15, -0.1) is 0 Å². The van der Waals surface area contributed by atoms with Gasteiger partial charge in [-0.1, -0.05) is 67.8 Å². The number of benzene rings is 2. The van der Waals surface area contributed by atoms with Crippen molar-refractivity contribution in [1.82, 2.24) is 4.90 Å². The standard InChI is InChI=1S/C14H11NO2.C9H12/c1-2-15-13(16)11-7-9-5-3-4-6-10(9)8-12(11)14(15)17;1-4-7-8-9(5-2)6-3/h3-8H,2H2,1H3;4-8H,2-3H2,1H3/b;7-4-. The predicted octanol–water partition coefficient (Wildman–Crippen LogP) is 5.32. The SMILES string of the molecule is C=CC(C=C)=C/C=C\C.CCN1C(=O)c2cc3ccccc3cc2C1=O. The molecule has 2 amide bonds. The number of hydrogen-bond acceptors (Lipinski definition) is 2. The van der Waals surface area contributed by atoms with Gasteiger partial charge in [0.05, 0.1) is 11.1 Å². The minimum atomic E-state index is -0.182. The lowest BCUT2D eigenvalue weighted by atomic mass is 10.0. The first kappa shape index (κ1) is 19.1. The van der Waals surface area contributed by atoms with Gasteiger partial charge in [0.2, 0.25) is 0 Å². The van der Waals surface area contributed by atoms with E-state index in [2.05, 4.69) is 13.2 Å².